The molecule has 48 heavy (non-hydrogen) atoms. The second-order valence-corrected chi connectivity index (χ2v) is 13.2. The van der Waals surface area contributed by atoms with Gasteiger partial charge < -0.3 is 13.9 Å². The van der Waals surface area contributed by atoms with E-state index in [2.05, 4.69) is 161 Å². The molecule has 0 amide bonds. The van der Waals surface area contributed by atoms with Crippen LogP contribution in [-0.4, -0.2) is 11.3 Å². The Morgan fingerprint density at radius 2 is 1.08 bits per heavy atom. The highest BCUT2D eigenvalue weighted by Crippen LogP contribution is 2.47. The molecule has 2 aliphatic heterocycles. The maximum absolute atomic E-state index is 6.94. The molecule has 4 heteroatoms. The summed E-state index contributed by atoms with van der Waals surface area (Å²) in [6, 6.07) is 55.4. The third kappa shape index (κ3) is 2.89. The Hall–Kier alpha value is -6.26. The average Bonchev–Trinajstić information content (AvgIpc) is 3.70. The lowest BCUT2D eigenvalue weighted by atomic mass is 9.36. The molecular weight excluding hydrogens is 583 g/mol. The predicted octanol–water partition coefficient (Wildman–Crippen LogP) is 9.60. The number of furan rings is 1. The van der Waals surface area contributed by atoms with Crippen LogP contribution in [0.3, 0.4) is 0 Å². The van der Waals surface area contributed by atoms with Crippen LogP contribution >= 0.6 is 0 Å². The lowest BCUT2D eigenvalue weighted by molar-refractivity contribution is 0.651. The molecule has 0 saturated heterocycles. The van der Waals surface area contributed by atoms with Crippen molar-refractivity contribution < 1.29 is 4.42 Å². The summed E-state index contributed by atoms with van der Waals surface area (Å²) >= 11 is 0. The van der Waals surface area contributed by atoms with Crippen molar-refractivity contribution in [2.24, 2.45) is 0 Å². The molecule has 3 nitrogen and oxygen atoms in total. The zero-order valence-corrected chi connectivity index (χ0v) is 25.8. The summed E-state index contributed by atoms with van der Waals surface area (Å²) in [4.78, 5) is 2.42. The first-order valence-corrected chi connectivity index (χ1v) is 16.7. The lowest BCUT2D eigenvalue weighted by Gasteiger charge is -2.37. The second-order valence-electron chi connectivity index (χ2n) is 13.2. The van der Waals surface area contributed by atoms with Gasteiger partial charge in [0.2, 0.25) is 0 Å². The molecule has 12 rings (SSSR count). The number of hydrogen-bond acceptors (Lipinski definition) is 2. The molecule has 10 aromatic rings. The first-order valence-electron chi connectivity index (χ1n) is 16.7. The van der Waals surface area contributed by atoms with E-state index in [-0.39, 0.29) is 6.71 Å². The zero-order chi connectivity index (χ0) is 31.1. The van der Waals surface area contributed by atoms with E-state index in [9.17, 15) is 0 Å². The fourth-order valence-corrected chi connectivity index (χ4v) is 9.16. The van der Waals surface area contributed by atoms with Gasteiger partial charge in [0, 0.05) is 44.1 Å². The summed E-state index contributed by atoms with van der Waals surface area (Å²) < 4.78 is 9.47. The molecule has 8 aromatic carbocycles. The van der Waals surface area contributed by atoms with Gasteiger partial charge in [-0.1, -0.05) is 109 Å². The van der Waals surface area contributed by atoms with Crippen molar-refractivity contribution in [3.05, 3.63) is 152 Å². The SMILES string of the molecule is c1ccc(N2c3cccc4c3B(c3oc5ccccc5c32)c2cccc3c5c6c7ccccc7c7ccccc7c6ccc5n-4c23)cc1. The quantitative estimate of drug-likeness (QED) is 0.137. The maximum Gasteiger partial charge on any atom is 0.297 e. The molecule has 0 fully saturated rings. The predicted molar refractivity (Wildman–Crippen MR) is 202 cm³/mol. The van der Waals surface area contributed by atoms with Crippen molar-refractivity contribution in [2.45, 2.75) is 0 Å². The molecular formula is C44H25BN2O. The van der Waals surface area contributed by atoms with Crippen LogP contribution in [-0.2, 0) is 0 Å². The van der Waals surface area contributed by atoms with Gasteiger partial charge in [0.25, 0.3) is 6.71 Å². The van der Waals surface area contributed by atoms with Gasteiger partial charge >= 0.3 is 0 Å². The summed E-state index contributed by atoms with van der Waals surface area (Å²) in [7, 11) is 0. The van der Waals surface area contributed by atoms with E-state index in [1.165, 1.54) is 76.4 Å². The van der Waals surface area contributed by atoms with Crippen molar-refractivity contribution in [1.29, 1.82) is 0 Å². The molecule has 0 spiro atoms. The highest BCUT2D eigenvalue weighted by atomic mass is 16.3. The minimum atomic E-state index is -0.0390. The lowest BCUT2D eigenvalue weighted by Crippen LogP contribution is -2.59. The topological polar surface area (TPSA) is 21.3 Å². The molecule has 2 aromatic heterocycles. The van der Waals surface area contributed by atoms with E-state index < -0.39 is 0 Å². The number of fused-ring (bicyclic) bond motifs is 16. The van der Waals surface area contributed by atoms with Gasteiger partial charge in [-0.3, -0.25) is 0 Å². The van der Waals surface area contributed by atoms with Crippen molar-refractivity contribution >= 4 is 105 Å². The van der Waals surface area contributed by atoms with E-state index in [1.807, 2.05) is 0 Å². The van der Waals surface area contributed by atoms with Crippen LogP contribution in [0.2, 0.25) is 0 Å². The number of anilines is 3. The highest BCUT2D eigenvalue weighted by Gasteiger charge is 2.45. The zero-order valence-electron chi connectivity index (χ0n) is 25.8. The summed E-state index contributed by atoms with van der Waals surface area (Å²) in [5.74, 6) is 0. The van der Waals surface area contributed by atoms with Gasteiger partial charge in [-0.2, -0.15) is 0 Å². The van der Waals surface area contributed by atoms with Crippen molar-refractivity contribution in [3.8, 4) is 5.69 Å². The third-order valence-corrected chi connectivity index (χ3v) is 10.9. The Labute approximate surface area is 275 Å². The Balaban J connectivity index is 1.29. The molecule has 0 aliphatic carbocycles. The monoisotopic (exact) mass is 608 g/mol. The van der Waals surface area contributed by atoms with E-state index in [0.717, 1.165) is 28.0 Å². The van der Waals surface area contributed by atoms with Crippen LogP contribution in [0.25, 0.3) is 70.8 Å². The molecule has 4 heterocycles. The third-order valence-electron chi connectivity index (χ3n) is 10.9. The van der Waals surface area contributed by atoms with E-state index in [4.69, 9.17) is 4.42 Å². The number of hydrogen-bond donors (Lipinski definition) is 0. The standard InChI is InChI=1S/C44H25BN2O/c1-2-12-26(13-3-1)46-36-21-11-22-37-41(36)45(44-43(46)32-18-8-9-23-38(32)48-44)34-20-10-19-33-40-35(47(37)42(33)34)25-24-31-29-16-5-4-14-27(29)28-15-6-7-17-30(28)39(31)40/h1-25H. The van der Waals surface area contributed by atoms with Gasteiger partial charge in [-0.25, -0.2) is 0 Å². The Kier molecular flexibility index (Phi) is 4.54. The largest absolute Gasteiger partial charge is 0.468 e. The fraction of sp³-hybridized carbons (Fsp3) is 0. The van der Waals surface area contributed by atoms with Crippen LogP contribution in [0.15, 0.2) is 156 Å². The summed E-state index contributed by atoms with van der Waals surface area (Å²) in [6.07, 6.45) is 0. The molecule has 0 atom stereocenters. The molecule has 0 bridgehead atoms. The number of aromatic nitrogens is 1. The van der Waals surface area contributed by atoms with Crippen LogP contribution < -0.4 is 21.5 Å². The first kappa shape index (κ1) is 24.9. The number of nitrogens with zero attached hydrogens (tertiary/aromatic N) is 2. The minimum absolute atomic E-state index is 0.0390. The maximum atomic E-state index is 6.94. The molecule has 0 radical (unpaired) electrons. The van der Waals surface area contributed by atoms with E-state index >= 15 is 0 Å². The van der Waals surface area contributed by atoms with Crippen molar-refractivity contribution in [3.63, 3.8) is 0 Å². The normalized spacial score (nSPS) is 13.3. The smallest absolute Gasteiger partial charge is 0.297 e. The summed E-state index contributed by atoms with van der Waals surface area (Å²) in [5.41, 5.74) is 11.7. The van der Waals surface area contributed by atoms with Crippen LogP contribution in [0.5, 0.6) is 0 Å². The van der Waals surface area contributed by atoms with Gasteiger partial charge in [-0.05, 0) is 80.3 Å². The van der Waals surface area contributed by atoms with Crippen LogP contribution in [0.4, 0.5) is 17.1 Å². The van der Waals surface area contributed by atoms with Crippen molar-refractivity contribution in [2.75, 3.05) is 4.90 Å². The minimum Gasteiger partial charge on any atom is -0.468 e. The fourth-order valence-electron chi connectivity index (χ4n) is 9.16. The molecule has 220 valence electrons. The Morgan fingerprint density at radius 3 is 1.90 bits per heavy atom. The highest BCUT2D eigenvalue weighted by molar-refractivity contribution is 7.00. The van der Waals surface area contributed by atoms with Crippen LogP contribution in [0.1, 0.15) is 0 Å². The molecule has 2 aliphatic rings. The Morgan fingerprint density at radius 1 is 0.458 bits per heavy atom. The number of rotatable bonds is 1. The van der Waals surface area contributed by atoms with Gasteiger partial charge in [0.05, 0.1) is 16.9 Å². The van der Waals surface area contributed by atoms with Gasteiger partial charge in [0.15, 0.2) is 0 Å². The number of para-hydroxylation sites is 3. The van der Waals surface area contributed by atoms with E-state index in [1.54, 1.807) is 0 Å². The van der Waals surface area contributed by atoms with Crippen LogP contribution in [0, 0.1) is 0 Å². The Bertz CT molecular complexity index is 2990. The average molecular weight is 609 g/mol. The number of benzene rings is 8. The van der Waals surface area contributed by atoms with Gasteiger partial charge in [0.1, 0.15) is 5.58 Å². The van der Waals surface area contributed by atoms with Crippen molar-refractivity contribution in [1.82, 2.24) is 4.57 Å². The molecule has 0 unspecified atom stereocenters. The first-order chi connectivity index (χ1) is 23.9. The molecule has 0 saturated carbocycles. The van der Waals surface area contributed by atoms with E-state index in [0.29, 0.717) is 0 Å². The second kappa shape index (κ2) is 8.75. The summed E-state index contributed by atoms with van der Waals surface area (Å²) in [6.45, 7) is -0.0390. The van der Waals surface area contributed by atoms with Gasteiger partial charge in [-0.15, -0.1) is 0 Å². The summed E-state index contributed by atoms with van der Waals surface area (Å²) in [5, 5.41) is 11.5. The molecule has 0 N–H and O–H groups in total.